The average molecular weight is 306 g/mol. The van der Waals surface area contributed by atoms with Gasteiger partial charge in [0.2, 0.25) is 0 Å². The highest BCUT2D eigenvalue weighted by atomic mass is 35.5. The third-order valence-corrected chi connectivity index (χ3v) is 3.40. The molecule has 3 heterocycles. The summed E-state index contributed by atoms with van der Waals surface area (Å²) in [5.41, 5.74) is 0.163. The predicted octanol–water partition coefficient (Wildman–Crippen LogP) is 1.18. The van der Waals surface area contributed by atoms with Gasteiger partial charge in [-0.25, -0.2) is 15.0 Å². The van der Waals surface area contributed by atoms with E-state index in [1.807, 2.05) is 0 Å². The van der Waals surface area contributed by atoms with Crippen LogP contribution in [0.1, 0.15) is 13.0 Å². The van der Waals surface area contributed by atoms with Gasteiger partial charge in [0.1, 0.15) is 17.0 Å². The Hall–Kier alpha value is -2.25. The zero-order valence-corrected chi connectivity index (χ0v) is 11.9. The number of hydrogen-bond donors (Lipinski definition) is 1. The summed E-state index contributed by atoms with van der Waals surface area (Å²) in [5, 5.41) is 9.75. The van der Waals surface area contributed by atoms with Crippen molar-refractivity contribution >= 4 is 22.5 Å². The second kappa shape index (κ2) is 5.27. The highest BCUT2D eigenvalue weighted by Crippen LogP contribution is 2.20. The van der Waals surface area contributed by atoms with E-state index in [0.717, 1.165) is 0 Å². The van der Waals surface area contributed by atoms with E-state index in [9.17, 15) is 9.90 Å². The van der Waals surface area contributed by atoms with Gasteiger partial charge in [0.15, 0.2) is 5.82 Å². The first-order valence-corrected chi connectivity index (χ1v) is 6.66. The van der Waals surface area contributed by atoms with Crippen molar-refractivity contribution in [1.29, 1.82) is 0 Å². The van der Waals surface area contributed by atoms with Crippen LogP contribution in [0.5, 0.6) is 0 Å². The van der Waals surface area contributed by atoms with Crippen molar-refractivity contribution in [1.82, 2.24) is 24.1 Å². The molecule has 0 aliphatic carbocycles. The molecular formula is C13H12ClN5O2. The summed E-state index contributed by atoms with van der Waals surface area (Å²) < 4.78 is 3.01. The van der Waals surface area contributed by atoms with Gasteiger partial charge in [-0.05, 0) is 13.0 Å². The van der Waals surface area contributed by atoms with Crippen LogP contribution in [0, 0.1) is 0 Å². The van der Waals surface area contributed by atoms with Gasteiger partial charge in [0.05, 0.1) is 24.4 Å². The van der Waals surface area contributed by atoms with Gasteiger partial charge in [-0.15, -0.1) is 0 Å². The second-order valence-electron chi connectivity index (χ2n) is 4.62. The van der Waals surface area contributed by atoms with Crippen LogP contribution in [0.4, 0.5) is 0 Å². The SMILES string of the molecule is C[C@@H](CO)n1cnc2c(-n3ccnc3)nc(Cl)cc2c1=O. The van der Waals surface area contributed by atoms with Crippen LogP contribution < -0.4 is 5.56 Å². The number of imidazole rings is 1. The largest absolute Gasteiger partial charge is 0.394 e. The number of pyridine rings is 1. The molecule has 3 aromatic heterocycles. The van der Waals surface area contributed by atoms with Gasteiger partial charge in [-0.2, -0.15) is 0 Å². The molecule has 1 N–H and O–H groups in total. The normalized spacial score (nSPS) is 12.7. The van der Waals surface area contributed by atoms with Crippen LogP contribution in [0.25, 0.3) is 16.7 Å². The summed E-state index contributed by atoms with van der Waals surface area (Å²) in [6, 6.07) is 1.12. The maximum Gasteiger partial charge on any atom is 0.261 e. The number of rotatable bonds is 3. The summed E-state index contributed by atoms with van der Waals surface area (Å²) in [6.45, 7) is 1.58. The minimum Gasteiger partial charge on any atom is -0.394 e. The van der Waals surface area contributed by atoms with Crippen molar-refractivity contribution in [2.24, 2.45) is 0 Å². The van der Waals surface area contributed by atoms with Gasteiger partial charge in [0.25, 0.3) is 5.56 Å². The molecule has 3 aromatic rings. The smallest absolute Gasteiger partial charge is 0.261 e. The second-order valence-corrected chi connectivity index (χ2v) is 5.01. The monoisotopic (exact) mass is 305 g/mol. The first kappa shape index (κ1) is 13.7. The highest BCUT2D eigenvalue weighted by molar-refractivity contribution is 6.30. The van der Waals surface area contributed by atoms with Crippen molar-refractivity contribution in [3.05, 3.63) is 46.6 Å². The Bertz CT molecular complexity index is 844. The number of halogens is 1. The summed E-state index contributed by atoms with van der Waals surface area (Å²) in [5.74, 6) is 0.441. The number of nitrogens with zero attached hydrogens (tertiary/aromatic N) is 5. The fourth-order valence-corrected chi connectivity index (χ4v) is 2.25. The molecule has 0 fully saturated rings. The number of hydrogen-bond acceptors (Lipinski definition) is 5. The Balaban J connectivity index is 2.34. The molecule has 0 aromatic carbocycles. The molecule has 21 heavy (non-hydrogen) atoms. The zero-order chi connectivity index (χ0) is 15.0. The maximum atomic E-state index is 12.5. The van der Waals surface area contributed by atoms with Crippen molar-refractivity contribution in [3.8, 4) is 5.82 Å². The van der Waals surface area contributed by atoms with Crippen LogP contribution in [-0.2, 0) is 0 Å². The summed E-state index contributed by atoms with van der Waals surface area (Å²) >= 11 is 6.01. The van der Waals surface area contributed by atoms with Crippen LogP contribution >= 0.6 is 11.6 Å². The minimum atomic E-state index is -0.363. The van der Waals surface area contributed by atoms with Crippen molar-refractivity contribution in [2.45, 2.75) is 13.0 Å². The Morgan fingerprint density at radius 1 is 1.43 bits per heavy atom. The number of fused-ring (bicyclic) bond motifs is 1. The van der Waals surface area contributed by atoms with Gasteiger partial charge >= 0.3 is 0 Å². The molecule has 0 unspecified atom stereocenters. The quantitative estimate of drug-likeness (QED) is 0.734. The number of aromatic nitrogens is 5. The van der Waals surface area contributed by atoms with E-state index in [1.165, 1.54) is 17.0 Å². The molecule has 0 saturated carbocycles. The Morgan fingerprint density at radius 3 is 2.90 bits per heavy atom. The molecule has 0 aliphatic heterocycles. The van der Waals surface area contributed by atoms with E-state index >= 15 is 0 Å². The van der Waals surface area contributed by atoms with Gasteiger partial charge in [-0.1, -0.05) is 11.6 Å². The van der Waals surface area contributed by atoms with Crippen molar-refractivity contribution in [2.75, 3.05) is 6.61 Å². The lowest BCUT2D eigenvalue weighted by atomic mass is 10.2. The van der Waals surface area contributed by atoms with Crippen LogP contribution in [-0.4, -0.2) is 35.8 Å². The van der Waals surface area contributed by atoms with E-state index in [0.29, 0.717) is 16.7 Å². The van der Waals surface area contributed by atoms with E-state index in [4.69, 9.17) is 11.6 Å². The fourth-order valence-electron chi connectivity index (χ4n) is 2.06. The van der Waals surface area contributed by atoms with Gasteiger partial charge < -0.3 is 5.11 Å². The standard InChI is InChI=1S/C13H12ClN5O2/c1-8(5-20)19-7-16-11-9(13(19)21)4-10(14)17-12(11)18-3-2-15-6-18/h2-4,6-8,20H,5H2,1H3/t8-/m0/s1. The van der Waals surface area contributed by atoms with Crippen LogP contribution in [0.15, 0.2) is 35.9 Å². The maximum absolute atomic E-state index is 12.5. The molecule has 0 aliphatic rings. The molecule has 0 saturated heterocycles. The molecule has 0 spiro atoms. The molecule has 108 valence electrons. The number of aliphatic hydroxyl groups is 1. The first-order valence-electron chi connectivity index (χ1n) is 6.28. The van der Waals surface area contributed by atoms with E-state index in [1.54, 1.807) is 30.2 Å². The molecule has 0 bridgehead atoms. The lowest BCUT2D eigenvalue weighted by Gasteiger charge is -2.13. The lowest BCUT2D eigenvalue weighted by molar-refractivity contribution is 0.236. The molecule has 3 rings (SSSR count). The van der Waals surface area contributed by atoms with Crippen LogP contribution in [0.2, 0.25) is 5.15 Å². The molecule has 8 heteroatoms. The lowest BCUT2D eigenvalue weighted by Crippen LogP contribution is -2.26. The number of aliphatic hydroxyl groups excluding tert-OH is 1. The summed E-state index contributed by atoms with van der Waals surface area (Å²) in [4.78, 5) is 25.0. The topological polar surface area (TPSA) is 85.8 Å². The fraction of sp³-hybridized carbons (Fsp3) is 0.231. The predicted molar refractivity (Wildman–Crippen MR) is 77.7 cm³/mol. The molecule has 1 atom stereocenters. The Kier molecular flexibility index (Phi) is 3.44. The average Bonchev–Trinajstić information content (AvgIpc) is 3.01. The highest BCUT2D eigenvalue weighted by Gasteiger charge is 2.14. The molecule has 0 amide bonds. The molecule has 7 nitrogen and oxygen atoms in total. The van der Waals surface area contributed by atoms with Crippen molar-refractivity contribution < 1.29 is 5.11 Å². The summed E-state index contributed by atoms with van der Waals surface area (Å²) in [7, 11) is 0. The Labute approximate surface area is 124 Å². The van der Waals surface area contributed by atoms with Gasteiger partial charge in [-0.3, -0.25) is 13.9 Å². The third kappa shape index (κ3) is 2.30. The first-order chi connectivity index (χ1) is 10.1. The minimum absolute atomic E-state index is 0.152. The van der Waals surface area contributed by atoms with Crippen molar-refractivity contribution in [3.63, 3.8) is 0 Å². The van der Waals surface area contributed by atoms with E-state index in [-0.39, 0.29) is 23.4 Å². The van der Waals surface area contributed by atoms with E-state index in [2.05, 4.69) is 15.0 Å². The van der Waals surface area contributed by atoms with Crippen LogP contribution in [0.3, 0.4) is 0 Å². The summed E-state index contributed by atoms with van der Waals surface area (Å²) in [6.07, 6.45) is 6.26. The third-order valence-electron chi connectivity index (χ3n) is 3.21. The van der Waals surface area contributed by atoms with E-state index < -0.39 is 0 Å². The zero-order valence-electron chi connectivity index (χ0n) is 11.1. The Morgan fingerprint density at radius 2 is 2.24 bits per heavy atom. The molecule has 0 radical (unpaired) electrons. The molecular weight excluding hydrogens is 294 g/mol. The van der Waals surface area contributed by atoms with Gasteiger partial charge in [0, 0.05) is 12.4 Å².